The van der Waals surface area contributed by atoms with Crippen LogP contribution in [0, 0.1) is 5.41 Å². The normalized spacial score (nSPS) is 11.6. The molecule has 0 aliphatic heterocycles. The van der Waals surface area contributed by atoms with Crippen molar-refractivity contribution >= 4 is 11.9 Å². The largest absolute Gasteiger partial charge is 0.480 e. The Morgan fingerprint density at radius 1 is 0.633 bits per heavy atom. The van der Waals surface area contributed by atoms with Gasteiger partial charge in [-0.05, 0) is 12.8 Å². The fraction of sp³-hybridized carbons (Fsp3) is 0.920. The maximum atomic E-state index is 12.3. The second kappa shape index (κ2) is 19.8. The van der Waals surface area contributed by atoms with Crippen molar-refractivity contribution in [2.24, 2.45) is 11.3 Å². The molecule has 5 nitrogen and oxygen atoms in total. The summed E-state index contributed by atoms with van der Waals surface area (Å²) in [6.07, 6.45) is 21.4. The van der Waals surface area contributed by atoms with Crippen molar-refractivity contribution in [3.8, 4) is 0 Å². The molecule has 0 bridgehead atoms. The van der Waals surface area contributed by atoms with Gasteiger partial charge in [-0.1, -0.05) is 129 Å². The Kier molecular flexibility index (Phi) is 19.1. The van der Waals surface area contributed by atoms with E-state index < -0.39 is 17.4 Å². The number of carboxylic acids is 1. The first-order valence-electron chi connectivity index (χ1n) is 12.7. The molecule has 0 saturated carbocycles. The smallest absolute Gasteiger partial charge is 0.341 e. The molecule has 0 aromatic rings. The standard InChI is InChI=1S/C25H49NO4/c1-3-5-7-9-11-13-15-17-19-21-25(23(27)28,24(29)30-26)22-20-18-16-14-12-10-8-6-4-2/h3-22,26H2,1-2H3,(H,27,28). The molecule has 0 amide bonds. The summed E-state index contributed by atoms with van der Waals surface area (Å²) in [7, 11) is 0. The van der Waals surface area contributed by atoms with Crippen LogP contribution in [-0.2, 0) is 14.4 Å². The van der Waals surface area contributed by atoms with E-state index in [2.05, 4.69) is 18.7 Å². The van der Waals surface area contributed by atoms with E-state index >= 15 is 0 Å². The summed E-state index contributed by atoms with van der Waals surface area (Å²) in [6, 6.07) is 0. The lowest BCUT2D eigenvalue weighted by Gasteiger charge is -2.26. The molecule has 0 heterocycles. The summed E-state index contributed by atoms with van der Waals surface area (Å²) in [4.78, 5) is 28.7. The first-order valence-corrected chi connectivity index (χ1v) is 12.7. The number of hydrogen-bond donors (Lipinski definition) is 2. The van der Waals surface area contributed by atoms with Crippen molar-refractivity contribution < 1.29 is 19.5 Å². The van der Waals surface area contributed by atoms with Crippen LogP contribution in [0.15, 0.2) is 0 Å². The molecule has 3 N–H and O–H groups in total. The first-order chi connectivity index (χ1) is 14.5. The van der Waals surface area contributed by atoms with E-state index in [4.69, 9.17) is 5.90 Å². The number of rotatable bonds is 22. The fourth-order valence-electron chi connectivity index (χ4n) is 4.22. The Morgan fingerprint density at radius 3 is 1.20 bits per heavy atom. The molecule has 0 aliphatic rings. The van der Waals surface area contributed by atoms with Crippen LogP contribution in [0.2, 0.25) is 0 Å². The highest BCUT2D eigenvalue weighted by Gasteiger charge is 2.46. The molecule has 0 radical (unpaired) electrons. The monoisotopic (exact) mass is 427 g/mol. The van der Waals surface area contributed by atoms with Gasteiger partial charge >= 0.3 is 11.9 Å². The van der Waals surface area contributed by atoms with Crippen molar-refractivity contribution in [3.63, 3.8) is 0 Å². The molecule has 0 unspecified atom stereocenters. The van der Waals surface area contributed by atoms with Crippen LogP contribution in [0.3, 0.4) is 0 Å². The maximum absolute atomic E-state index is 12.3. The van der Waals surface area contributed by atoms with E-state index in [1.165, 1.54) is 77.0 Å². The lowest BCUT2D eigenvalue weighted by molar-refractivity contribution is -0.171. The zero-order valence-electron chi connectivity index (χ0n) is 19.9. The predicted molar refractivity (Wildman–Crippen MR) is 124 cm³/mol. The van der Waals surface area contributed by atoms with Gasteiger partial charge in [0, 0.05) is 0 Å². The zero-order chi connectivity index (χ0) is 22.5. The number of hydrogen-bond acceptors (Lipinski definition) is 4. The molecule has 178 valence electrons. The van der Waals surface area contributed by atoms with Crippen LogP contribution >= 0.6 is 0 Å². The van der Waals surface area contributed by atoms with E-state index in [9.17, 15) is 14.7 Å². The Morgan fingerprint density at radius 2 is 0.933 bits per heavy atom. The van der Waals surface area contributed by atoms with Crippen LogP contribution in [0.5, 0.6) is 0 Å². The number of aliphatic carboxylic acids is 1. The number of carbonyl (C=O) groups excluding carboxylic acids is 1. The molecule has 0 aromatic carbocycles. The number of nitrogens with two attached hydrogens (primary N) is 1. The minimum Gasteiger partial charge on any atom is -0.480 e. The van der Waals surface area contributed by atoms with Gasteiger partial charge in [-0.15, -0.1) is 0 Å². The second-order valence-corrected chi connectivity index (χ2v) is 8.95. The third kappa shape index (κ3) is 13.3. The Bertz CT molecular complexity index is 403. The van der Waals surface area contributed by atoms with Crippen LogP contribution in [0.1, 0.15) is 142 Å². The summed E-state index contributed by atoms with van der Waals surface area (Å²) in [5.74, 6) is 3.23. The minimum absolute atomic E-state index is 0.325. The molecular formula is C25H49NO4. The number of carbonyl (C=O) groups is 2. The van der Waals surface area contributed by atoms with Crippen LogP contribution in [0.4, 0.5) is 0 Å². The molecule has 0 aliphatic carbocycles. The molecule has 0 rings (SSSR count). The van der Waals surface area contributed by atoms with E-state index in [0.717, 1.165) is 38.5 Å². The topological polar surface area (TPSA) is 89.6 Å². The molecule has 0 saturated heterocycles. The molecule has 30 heavy (non-hydrogen) atoms. The number of carboxylic acid groups (broad SMARTS) is 1. The van der Waals surface area contributed by atoms with Crippen molar-refractivity contribution in [1.82, 2.24) is 0 Å². The highest BCUT2D eigenvalue weighted by molar-refractivity contribution is 5.98. The van der Waals surface area contributed by atoms with Gasteiger partial charge in [0.25, 0.3) is 0 Å². The third-order valence-corrected chi connectivity index (χ3v) is 6.32. The highest BCUT2D eigenvalue weighted by Crippen LogP contribution is 2.34. The Labute approximate surface area is 185 Å². The molecule has 0 aromatic heterocycles. The van der Waals surface area contributed by atoms with Gasteiger partial charge < -0.3 is 9.94 Å². The third-order valence-electron chi connectivity index (χ3n) is 6.32. The Hall–Kier alpha value is -1.10. The van der Waals surface area contributed by atoms with Gasteiger partial charge in [-0.3, -0.25) is 4.79 Å². The van der Waals surface area contributed by atoms with Crippen molar-refractivity contribution in [2.45, 2.75) is 142 Å². The van der Waals surface area contributed by atoms with Gasteiger partial charge in [-0.25, -0.2) is 4.79 Å². The predicted octanol–water partition coefficient (Wildman–Crippen LogP) is 7.32. The highest BCUT2D eigenvalue weighted by atomic mass is 16.7. The second-order valence-electron chi connectivity index (χ2n) is 8.95. The summed E-state index contributed by atoms with van der Waals surface area (Å²) in [5, 5.41) is 9.82. The molecule has 5 heteroatoms. The molecular weight excluding hydrogens is 378 g/mol. The summed E-state index contributed by atoms with van der Waals surface area (Å²) < 4.78 is 0. The van der Waals surface area contributed by atoms with Gasteiger partial charge in [0.2, 0.25) is 0 Å². The van der Waals surface area contributed by atoms with E-state index in [1.54, 1.807) is 0 Å². The number of unbranched alkanes of at least 4 members (excludes halogenated alkanes) is 16. The molecule has 0 atom stereocenters. The zero-order valence-corrected chi connectivity index (χ0v) is 19.9. The van der Waals surface area contributed by atoms with E-state index in [-0.39, 0.29) is 0 Å². The van der Waals surface area contributed by atoms with Gasteiger partial charge in [0.1, 0.15) is 0 Å². The fourth-order valence-corrected chi connectivity index (χ4v) is 4.22. The quantitative estimate of drug-likeness (QED) is 0.107. The van der Waals surface area contributed by atoms with Crippen molar-refractivity contribution in [3.05, 3.63) is 0 Å². The average molecular weight is 428 g/mol. The van der Waals surface area contributed by atoms with Crippen LogP contribution in [-0.4, -0.2) is 17.0 Å². The maximum Gasteiger partial charge on any atom is 0.341 e. The average Bonchev–Trinajstić information content (AvgIpc) is 2.74. The minimum atomic E-state index is -1.48. The molecule has 0 fully saturated rings. The summed E-state index contributed by atoms with van der Waals surface area (Å²) in [5.41, 5.74) is -1.48. The van der Waals surface area contributed by atoms with E-state index in [1.807, 2.05) is 0 Å². The summed E-state index contributed by atoms with van der Waals surface area (Å²) >= 11 is 0. The van der Waals surface area contributed by atoms with Gasteiger partial charge in [0.05, 0.1) is 0 Å². The van der Waals surface area contributed by atoms with Crippen molar-refractivity contribution in [2.75, 3.05) is 0 Å². The van der Waals surface area contributed by atoms with Crippen molar-refractivity contribution in [1.29, 1.82) is 0 Å². The SMILES string of the molecule is CCCCCCCCCCCC(CCCCCCCCCCC)(C(=O)O)C(=O)ON. The van der Waals surface area contributed by atoms with E-state index in [0.29, 0.717) is 12.8 Å². The first kappa shape index (κ1) is 28.9. The molecule has 0 spiro atoms. The summed E-state index contributed by atoms with van der Waals surface area (Å²) in [6.45, 7) is 4.44. The Balaban J connectivity index is 4.23. The lowest BCUT2D eigenvalue weighted by Crippen LogP contribution is -2.42. The lowest BCUT2D eigenvalue weighted by atomic mass is 9.77. The van der Waals surface area contributed by atoms with Gasteiger partial charge in [0.15, 0.2) is 5.41 Å². The van der Waals surface area contributed by atoms with Crippen LogP contribution in [0.25, 0.3) is 0 Å². The van der Waals surface area contributed by atoms with Crippen LogP contribution < -0.4 is 5.90 Å². The van der Waals surface area contributed by atoms with Gasteiger partial charge in [-0.2, -0.15) is 5.90 Å².